The van der Waals surface area contributed by atoms with Crippen LogP contribution in [-0.2, 0) is 0 Å². The number of carbonyl (C=O) groups excluding carboxylic acids is 1. The summed E-state index contributed by atoms with van der Waals surface area (Å²) in [5.41, 5.74) is 0.751. The summed E-state index contributed by atoms with van der Waals surface area (Å²) >= 11 is 0. The molecule has 0 aliphatic heterocycles. The highest BCUT2D eigenvalue weighted by Gasteiger charge is 2.53. The highest BCUT2D eigenvalue weighted by Crippen LogP contribution is 2.61. The molecule has 118 valence electrons. The minimum Gasteiger partial charge on any atom is -0.619 e. The van der Waals surface area contributed by atoms with Crippen molar-refractivity contribution >= 4 is 5.91 Å². The van der Waals surface area contributed by atoms with Gasteiger partial charge in [0.25, 0.3) is 5.91 Å². The van der Waals surface area contributed by atoms with Crippen molar-refractivity contribution in [3.05, 3.63) is 35.3 Å². The first-order chi connectivity index (χ1) is 10.5. The van der Waals surface area contributed by atoms with Crippen molar-refractivity contribution in [1.82, 2.24) is 5.32 Å². The molecule has 4 fully saturated rings. The predicted octanol–water partition coefficient (Wildman–Crippen LogP) is 2.65. The fourth-order valence-corrected chi connectivity index (χ4v) is 5.73. The molecule has 4 aliphatic rings. The topological polar surface area (TPSA) is 56.0 Å². The zero-order valence-electron chi connectivity index (χ0n) is 13.1. The minimum atomic E-state index is -0.117. The van der Waals surface area contributed by atoms with Crippen LogP contribution in [0.2, 0.25) is 0 Å². The number of amides is 1. The van der Waals surface area contributed by atoms with E-state index in [9.17, 15) is 10.0 Å². The van der Waals surface area contributed by atoms with E-state index >= 15 is 0 Å². The summed E-state index contributed by atoms with van der Waals surface area (Å²) in [5.74, 6) is 2.52. The maximum Gasteiger partial charge on any atom is 0.257 e. The lowest BCUT2D eigenvalue weighted by Gasteiger charge is -2.59. The molecule has 1 heterocycles. The van der Waals surface area contributed by atoms with Crippen LogP contribution in [0.5, 0.6) is 0 Å². The molecule has 4 nitrogen and oxygen atoms in total. The Morgan fingerprint density at radius 2 is 1.86 bits per heavy atom. The van der Waals surface area contributed by atoms with E-state index in [0.717, 1.165) is 17.8 Å². The van der Waals surface area contributed by atoms with Crippen LogP contribution in [0.4, 0.5) is 0 Å². The smallest absolute Gasteiger partial charge is 0.257 e. The molecule has 4 saturated carbocycles. The molecule has 4 bridgehead atoms. The molecule has 1 atom stereocenters. The molecular weight excluding hydrogens is 276 g/mol. The number of aromatic nitrogens is 1. The number of pyridine rings is 1. The Morgan fingerprint density at radius 3 is 2.41 bits per heavy atom. The van der Waals surface area contributed by atoms with Gasteiger partial charge in [-0.3, -0.25) is 4.79 Å². The van der Waals surface area contributed by atoms with E-state index in [-0.39, 0.29) is 11.9 Å². The Hall–Kier alpha value is -1.58. The monoisotopic (exact) mass is 300 g/mol. The van der Waals surface area contributed by atoms with Crippen molar-refractivity contribution in [3.63, 3.8) is 0 Å². The third-order valence-electron chi connectivity index (χ3n) is 6.39. The number of nitrogens with one attached hydrogen (secondary N) is 1. The van der Waals surface area contributed by atoms with Gasteiger partial charge >= 0.3 is 0 Å². The molecule has 22 heavy (non-hydrogen) atoms. The van der Waals surface area contributed by atoms with Gasteiger partial charge in [-0.15, -0.1) is 0 Å². The summed E-state index contributed by atoms with van der Waals surface area (Å²) in [5, 5.41) is 14.5. The van der Waals surface area contributed by atoms with Crippen molar-refractivity contribution in [1.29, 1.82) is 0 Å². The van der Waals surface area contributed by atoms with Gasteiger partial charge in [0, 0.05) is 12.1 Å². The normalized spacial score (nSPS) is 37.0. The first-order valence-electron chi connectivity index (χ1n) is 8.54. The van der Waals surface area contributed by atoms with Crippen LogP contribution >= 0.6 is 0 Å². The fourth-order valence-electron chi connectivity index (χ4n) is 5.73. The lowest BCUT2D eigenvalue weighted by atomic mass is 9.48. The van der Waals surface area contributed by atoms with Gasteiger partial charge in [0.05, 0.1) is 0 Å². The number of hydrogen-bond donors (Lipinski definition) is 1. The van der Waals surface area contributed by atoms with Gasteiger partial charge < -0.3 is 10.5 Å². The largest absolute Gasteiger partial charge is 0.619 e. The molecular formula is C18H24N2O2. The zero-order valence-corrected chi connectivity index (χ0v) is 13.1. The lowest BCUT2D eigenvalue weighted by Crippen LogP contribution is -2.55. The van der Waals surface area contributed by atoms with Crippen LogP contribution in [0.1, 0.15) is 55.8 Å². The standard InChI is InChI=1S/C18H24N2O2/c1-12(19-17(21)16-3-2-4-20(22)11-16)18-8-13-5-14(9-18)7-15(6-13)10-18/h2-4,11-15H,5-10H2,1H3,(H,19,21). The summed E-state index contributed by atoms with van der Waals surface area (Å²) in [4.78, 5) is 12.4. The van der Waals surface area contributed by atoms with Crippen LogP contribution in [0.25, 0.3) is 0 Å². The second-order valence-corrected chi connectivity index (χ2v) is 7.93. The molecule has 4 aliphatic carbocycles. The Bertz CT molecular complexity index is 563. The Labute approximate surface area is 131 Å². The van der Waals surface area contributed by atoms with E-state index in [1.54, 1.807) is 12.1 Å². The van der Waals surface area contributed by atoms with Crippen molar-refractivity contribution in [2.24, 2.45) is 23.2 Å². The zero-order chi connectivity index (χ0) is 15.3. The lowest BCUT2D eigenvalue weighted by molar-refractivity contribution is -0.605. The van der Waals surface area contributed by atoms with Gasteiger partial charge in [0.1, 0.15) is 5.56 Å². The summed E-state index contributed by atoms with van der Waals surface area (Å²) in [7, 11) is 0. The number of hydrogen-bond acceptors (Lipinski definition) is 2. The van der Waals surface area contributed by atoms with E-state index in [0.29, 0.717) is 15.7 Å². The summed E-state index contributed by atoms with van der Waals surface area (Å²) < 4.78 is 0.685. The van der Waals surface area contributed by atoms with E-state index in [1.807, 2.05) is 0 Å². The SMILES string of the molecule is CC(NC(=O)c1ccc[n+]([O-])c1)C12CC3CC(CC(C3)C1)C2. The molecule has 0 radical (unpaired) electrons. The average molecular weight is 300 g/mol. The van der Waals surface area contributed by atoms with Crippen LogP contribution < -0.4 is 10.0 Å². The van der Waals surface area contributed by atoms with Crippen LogP contribution in [0.15, 0.2) is 24.5 Å². The van der Waals surface area contributed by atoms with Crippen molar-refractivity contribution < 1.29 is 9.52 Å². The maximum absolute atomic E-state index is 12.4. The highest BCUT2D eigenvalue weighted by atomic mass is 16.5. The number of carbonyl (C=O) groups is 1. The Morgan fingerprint density at radius 1 is 1.27 bits per heavy atom. The molecule has 0 saturated heterocycles. The molecule has 1 aromatic rings. The predicted molar refractivity (Wildman–Crippen MR) is 82.9 cm³/mol. The van der Waals surface area contributed by atoms with E-state index < -0.39 is 0 Å². The summed E-state index contributed by atoms with van der Waals surface area (Å²) in [6.45, 7) is 2.17. The van der Waals surface area contributed by atoms with Gasteiger partial charge in [-0.25, -0.2) is 0 Å². The number of rotatable bonds is 3. The first kappa shape index (κ1) is 14.0. The third-order valence-corrected chi connectivity index (χ3v) is 6.39. The quantitative estimate of drug-likeness (QED) is 0.689. The Kier molecular flexibility index (Phi) is 3.17. The average Bonchev–Trinajstić information content (AvgIpc) is 2.45. The first-order valence-corrected chi connectivity index (χ1v) is 8.54. The van der Waals surface area contributed by atoms with Gasteiger partial charge in [-0.1, -0.05) is 0 Å². The fraction of sp³-hybridized carbons (Fsp3) is 0.667. The molecule has 1 N–H and O–H groups in total. The molecule has 5 rings (SSSR count). The molecule has 0 aromatic carbocycles. The summed E-state index contributed by atoms with van der Waals surface area (Å²) in [6.07, 6.45) is 10.8. The van der Waals surface area contributed by atoms with Crippen LogP contribution in [0, 0.1) is 28.4 Å². The molecule has 0 spiro atoms. The summed E-state index contributed by atoms with van der Waals surface area (Å²) in [6, 6.07) is 3.52. The van der Waals surface area contributed by atoms with Crippen LogP contribution in [-0.4, -0.2) is 11.9 Å². The maximum atomic E-state index is 12.4. The molecule has 4 heteroatoms. The second kappa shape index (κ2) is 4.97. The second-order valence-electron chi connectivity index (χ2n) is 7.93. The molecule has 1 unspecified atom stereocenters. The van der Waals surface area contributed by atoms with Gasteiger partial charge in [-0.05, 0) is 74.7 Å². The molecule has 1 aromatic heterocycles. The van der Waals surface area contributed by atoms with Crippen molar-refractivity contribution in [2.75, 3.05) is 0 Å². The Balaban J connectivity index is 1.50. The van der Waals surface area contributed by atoms with E-state index in [1.165, 1.54) is 50.9 Å². The van der Waals surface area contributed by atoms with Crippen molar-refractivity contribution in [3.8, 4) is 0 Å². The minimum absolute atomic E-state index is 0.117. The van der Waals surface area contributed by atoms with E-state index in [4.69, 9.17) is 0 Å². The highest BCUT2D eigenvalue weighted by molar-refractivity contribution is 5.93. The van der Waals surface area contributed by atoms with Gasteiger partial charge in [0.15, 0.2) is 12.4 Å². The van der Waals surface area contributed by atoms with Gasteiger partial charge in [-0.2, -0.15) is 4.73 Å². The molecule has 1 amide bonds. The third kappa shape index (κ3) is 2.29. The number of nitrogens with zero attached hydrogens (tertiary/aromatic N) is 1. The van der Waals surface area contributed by atoms with Crippen LogP contribution in [0.3, 0.4) is 0 Å². The van der Waals surface area contributed by atoms with E-state index in [2.05, 4.69) is 12.2 Å². The van der Waals surface area contributed by atoms with Gasteiger partial charge in [0.2, 0.25) is 0 Å². The van der Waals surface area contributed by atoms with Crippen molar-refractivity contribution in [2.45, 2.75) is 51.5 Å².